The highest BCUT2D eigenvalue weighted by atomic mass is 32.1. The Morgan fingerprint density at radius 3 is 2.23 bits per heavy atom. The Bertz CT molecular complexity index is 781. The van der Waals surface area contributed by atoms with Crippen molar-refractivity contribution in [3.8, 4) is 11.3 Å². The van der Waals surface area contributed by atoms with Crippen LogP contribution in [0.3, 0.4) is 0 Å². The van der Waals surface area contributed by atoms with Gasteiger partial charge in [0.15, 0.2) is 0 Å². The zero-order valence-corrected chi connectivity index (χ0v) is 16.5. The molecule has 1 saturated heterocycles. The highest BCUT2D eigenvalue weighted by molar-refractivity contribution is 7.12. The Hall–Kier alpha value is -1.56. The van der Waals surface area contributed by atoms with Crippen LogP contribution in [0, 0.1) is 6.92 Å². The molecule has 2 nitrogen and oxygen atoms in total. The number of hydrogen-bond donors (Lipinski definition) is 0. The summed E-state index contributed by atoms with van der Waals surface area (Å²) in [5.74, 6) is 0. The number of aryl methyl sites for hydroxylation is 1. The zero-order valence-electron chi connectivity index (χ0n) is 15.7. The summed E-state index contributed by atoms with van der Waals surface area (Å²) in [5, 5.41) is 0.943. The molecule has 142 valence electrons. The number of aromatic nitrogens is 1. The molecule has 2 aromatic rings. The molecule has 0 amide bonds. The molecule has 1 fully saturated rings. The van der Waals surface area contributed by atoms with Crippen molar-refractivity contribution in [2.24, 2.45) is 0 Å². The van der Waals surface area contributed by atoms with E-state index in [0.717, 1.165) is 29.1 Å². The summed E-state index contributed by atoms with van der Waals surface area (Å²) in [7, 11) is 0. The summed E-state index contributed by atoms with van der Waals surface area (Å²) in [5.41, 5.74) is 0.832. The van der Waals surface area contributed by atoms with E-state index in [1.807, 2.05) is 11.8 Å². The van der Waals surface area contributed by atoms with Gasteiger partial charge in [0.2, 0.25) is 0 Å². The third-order valence-electron chi connectivity index (χ3n) is 4.71. The predicted molar refractivity (Wildman–Crippen MR) is 102 cm³/mol. The van der Waals surface area contributed by atoms with E-state index < -0.39 is 11.7 Å². The molecule has 0 atom stereocenters. The lowest BCUT2D eigenvalue weighted by Crippen LogP contribution is -2.31. The highest BCUT2D eigenvalue weighted by Crippen LogP contribution is 2.41. The quantitative estimate of drug-likeness (QED) is 0.595. The monoisotopic (exact) mass is 382 g/mol. The Kier molecular flexibility index (Phi) is 5.08. The Labute approximate surface area is 157 Å². The minimum absolute atomic E-state index is 0.117. The lowest BCUT2D eigenvalue weighted by molar-refractivity contribution is -0.137. The van der Waals surface area contributed by atoms with Crippen molar-refractivity contribution < 1.29 is 13.2 Å². The van der Waals surface area contributed by atoms with E-state index in [0.29, 0.717) is 30.0 Å². The van der Waals surface area contributed by atoms with Gasteiger partial charge in [-0.25, -0.2) is 4.98 Å². The van der Waals surface area contributed by atoms with Gasteiger partial charge < -0.3 is 4.90 Å². The van der Waals surface area contributed by atoms with Crippen LogP contribution in [0.15, 0.2) is 18.2 Å². The van der Waals surface area contributed by atoms with Gasteiger partial charge in [0.25, 0.3) is 0 Å². The Morgan fingerprint density at radius 1 is 1.04 bits per heavy atom. The minimum atomic E-state index is -4.38. The van der Waals surface area contributed by atoms with E-state index in [4.69, 9.17) is 0 Å². The number of thiazole rings is 1. The summed E-state index contributed by atoms with van der Waals surface area (Å²) in [6, 6.07) is 4.69. The van der Waals surface area contributed by atoms with Crippen molar-refractivity contribution in [1.82, 2.24) is 4.98 Å². The Balaban J connectivity index is 2.06. The van der Waals surface area contributed by atoms with Gasteiger partial charge in [-0.2, -0.15) is 13.2 Å². The lowest BCUT2D eigenvalue weighted by Gasteiger charge is -2.31. The van der Waals surface area contributed by atoms with Crippen molar-refractivity contribution in [3.05, 3.63) is 33.6 Å². The average molecular weight is 382 g/mol. The second-order valence-corrected chi connectivity index (χ2v) is 9.15. The molecule has 1 aromatic carbocycles. The van der Waals surface area contributed by atoms with Gasteiger partial charge >= 0.3 is 6.18 Å². The van der Waals surface area contributed by atoms with Gasteiger partial charge in [-0.05, 0) is 38.3 Å². The van der Waals surface area contributed by atoms with Crippen molar-refractivity contribution in [2.75, 3.05) is 18.0 Å². The molecule has 1 aliphatic heterocycles. The molecule has 1 aliphatic rings. The normalized spacial score (nSPS) is 16.2. The number of rotatable bonds is 2. The van der Waals surface area contributed by atoms with Gasteiger partial charge in [0.1, 0.15) is 0 Å². The molecule has 0 bridgehead atoms. The molecule has 0 radical (unpaired) electrons. The lowest BCUT2D eigenvalue weighted by atomic mass is 9.98. The molecule has 0 aliphatic carbocycles. The molecule has 3 rings (SSSR count). The van der Waals surface area contributed by atoms with Crippen LogP contribution >= 0.6 is 11.3 Å². The summed E-state index contributed by atoms with van der Waals surface area (Å²) in [4.78, 5) is 7.47. The molecule has 0 saturated carbocycles. The molecule has 1 aromatic heterocycles. The van der Waals surface area contributed by atoms with Gasteiger partial charge in [-0.1, -0.05) is 26.8 Å². The molecule has 6 heteroatoms. The number of hydrogen-bond acceptors (Lipinski definition) is 3. The fourth-order valence-electron chi connectivity index (χ4n) is 3.31. The van der Waals surface area contributed by atoms with Crippen molar-refractivity contribution >= 4 is 17.0 Å². The summed E-state index contributed by atoms with van der Waals surface area (Å²) < 4.78 is 41.2. The number of nitrogens with zero attached hydrogens (tertiary/aromatic N) is 2. The van der Waals surface area contributed by atoms with Crippen LogP contribution in [0.25, 0.3) is 11.3 Å². The van der Waals surface area contributed by atoms with Crippen LogP contribution in [-0.2, 0) is 11.6 Å². The summed E-state index contributed by atoms with van der Waals surface area (Å²) in [6.07, 6.45) is -1.40. The molecule has 0 unspecified atom stereocenters. The van der Waals surface area contributed by atoms with Gasteiger partial charge in [0.05, 0.1) is 16.3 Å². The SMILES string of the molecule is Cc1sc(C(C)(C)C)nc1-c1ccc(N2CCCCC2)c(C(F)(F)F)c1. The molecule has 0 spiro atoms. The van der Waals surface area contributed by atoms with Crippen LogP contribution in [0.5, 0.6) is 0 Å². The van der Waals surface area contributed by atoms with Crippen LogP contribution in [0.4, 0.5) is 18.9 Å². The Morgan fingerprint density at radius 2 is 1.69 bits per heavy atom. The van der Waals surface area contributed by atoms with E-state index in [1.165, 1.54) is 6.07 Å². The smallest absolute Gasteiger partial charge is 0.371 e. The summed E-state index contributed by atoms with van der Waals surface area (Å²) in [6.45, 7) is 9.49. The van der Waals surface area contributed by atoms with Crippen molar-refractivity contribution in [2.45, 2.75) is 58.5 Å². The highest BCUT2D eigenvalue weighted by Gasteiger charge is 2.36. The largest absolute Gasteiger partial charge is 0.418 e. The number of alkyl halides is 3. The maximum absolute atomic E-state index is 13.7. The number of piperidine rings is 1. The van der Waals surface area contributed by atoms with E-state index >= 15 is 0 Å². The zero-order chi connectivity index (χ0) is 19.1. The minimum Gasteiger partial charge on any atom is -0.371 e. The fraction of sp³-hybridized carbons (Fsp3) is 0.550. The van der Waals surface area contributed by atoms with E-state index in [9.17, 15) is 13.2 Å². The number of halogens is 3. The van der Waals surface area contributed by atoms with Crippen molar-refractivity contribution in [3.63, 3.8) is 0 Å². The standard InChI is InChI=1S/C20H25F3N2S/c1-13-17(24-18(26-13)19(2,3)4)14-8-9-16(15(12-14)20(21,22)23)25-10-6-5-7-11-25/h8-9,12H,5-7,10-11H2,1-4H3. The third kappa shape index (κ3) is 3.90. The molecule has 2 heterocycles. The first-order chi connectivity index (χ1) is 12.1. The topological polar surface area (TPSA) is 16.1 Å². The number of benzene rings is 1. The first kappa shape index (κ1) is 19.2. The summed E-state index contributed by atoms with van der Waals surface area (Å²) >= 11 is 1.56. The first-order valence-corrected chi connectivity index (χ1v) is 9.83. The predicted octanol–water partition coefficient (Wildman–Crippen LogP) is 6.43. The van der Waals surface area contributed by atoms with Crippen LogP contribution in [-0.4, -0.2) is 18.1 Å². The molecule has 26 heavy (non-hydrogen) atoms. The average Bonchev–Trinajstić information content (AvgIpc) is 2.96. The van der Waals surface area contributed by atoms with E-state index in [2.05, 4.69) is 25.8 Å². The molecular weight excluding hydrogens is 357 g/mol. The molecule has 0 N–H and O–H groups in total. The van der Waals surface area contributed by atoms with Gasteiger partial charge in [-0.3, -0.25) is 0 Å². The first-order valence-electron chi connectivity index (χ1n) is 9.02. The third-order valence-corrected chi connectivity index (χ3v) is 6.11. The van der Waals surface area contributed by atoms with E-state index in [-0.39, 0.29) is 5.41 Å². The fourth-order valence-corrected chi connectivity index (χ4v) is 4.30. The number of anilines is 1. The van der Waals surface area contributed by atoms with Crippen LogP contribution in [0.1, 0.15) is 55.5 Å². The van der Waals surface area contributed by atoms with Crippen LogP contribution in [0.2, 0.25) is 0 Å². The second kappa shape index (κ2) is 6.87. The van der Waals surface area contributed by atoms with E-state index in [1.54, 1.807) is 23.5 Å². The molecular formula is C20H25F3N2S. The maximum Gasteiger partial charge on any atom is 0.418 e. The van der Waals surface area contributed by atoms with Gasteiger partial charge in [-0.15, -0.1) is 11.3 Å². The van der Waals surface area contributed by atoms with Crippen LogP contribution < -0.4 is 4.90 Å². The van der Waals surface area contributed by atoms with Gasteiger partial charge in [0, 0.05) is 34.6 Å². The van der Waals surface area contributed by atoms with Crippen molar-refractivity contribution in [1.29, 1.82) is 0 Å². The second-order valence-electron chi connectivity index (χ2n) is 7.95. The maximum atomic E-state index is 13.7.